The lowest BCUT2D eigenvalue weighted by atomic mass is 9.94. The third-order valence-corrected chi connectivity index (χ3v) is 5.32. The number of anilines is 1. The summed E-state index contributed by atoms with van der Waals surface area (Å²) in [4.78, 5) is 39.1. The van der Waals surface area contributed by atoms with Gasteiger partial charge in [-0.15, -0.1) is 0 Å². The van der Waals surface area contributed by atoms with E-state index in [1.807, 2.05) is 0 Å². The van der Waals surface area contributed by atoms with Gasteiger partial charge in [0, 0.05) is 11.6 Å². The lowest BCUT2D eigenvalue weighted by Crippen LogP contribution is -2.29. The highest BCUT2D eigenvalue weighted by atomic mass is 16.5. The van der Waals surface area contributed by atoms with Crippen molar-refractivity contribution in [1.82, 2.24) is 5.16 Å². The molecule has 9 nitrogen and oxygen atoms in total. The van der Waals surface area contributed by atoms with E-state index in [0.717, 1.165) is 0 Å². The first kappa shape index (κ1) is 21.8. The Kier molecular flexibility index (Phi) is 5.70. The fourth-order valence-corrected chi connectivity index (χ4v) is 3.67. The van der Waals surface area contributed by atoms with Crippen LogP contribution in [0.1, 0.15) is 33.3 Å². The number of amides is 1. The maximum atomic E-state index is 13.1. The van der Waals surface area contributed by atoms with Crippen molar-refractivity contribution in [2.45, 2.75) is 13.0 Å². The van der Waals surface area contributed by atoms with Crippen molar-refractivity contribution >= 4 is 29.2 Å². The molecule has 1 fully saturated rings. The van der Waals surface area contributed by atoms with E-state index in [9.17, 15) is 19.5 Å². The Morgan fingerprint density at radius 3 is 2.21 bits per heavy atom. The standard InChI is InChI=1S/C24H20N2O7/c1-13-12-18(25-33-13)26-20(14-4-6-16(7-5-14)24(30)32-3)19(22(28)23(26)29)21(27)15-8-10-17(31-2)11-9-15/h4-12,20,27H,1-3H3/b21-19+/t20-/m0/s1. The number of esters is 1. The molecule has 0 spiro atoms. The molecule has 33 heavy (non-hydrogen) atoms. The molecule has 4 rings (SSSR count). The van der Waals surface area contributed by atoms with Gasteiger partial charge in [-0.05, 0) is 48.9 Å². The molecule has 1 saturated heterocycles. The van der Waals surface area contributed by atoms with Gasteiger partial charge in [0.2, 0.25) is 0 Å². The van der Waals surface area contributed by atoms with Gasteiger partial charge in [0.25, 0.3) is 5.78 Å². The molecule has 1 amide bonds. The second-order valence-electron chi connectivity index (χ2n) is 7.31. The van der Waals surface area contributed by atoms with Crippen LogP contribution in [-0.2, 0) is 14.3 Å². The summed E-state index contributed by atoms with van der Waals surface area (Å²) in [6.07, 6.45) is 0. The first-order valence-electron chi connectivity index (χ1n) is 9.92. The summed E-state index contributed by atoms with van der Waals surface area (Å²) in [5.41, 5.74) is 1.00. The average molecular weight is 448 g/mol. The summed E-state index contributed by atoms with van der Waals surface area (Å²) >= 11 is 0. The quantitative estimate of drug-likeness (QED) is 0.273. The topological polar surface area (TPSA) is 119 Å². The molecule has 0 aliphatic carbocycles. The van der Waals surface area contributed by atoms with Crippen LogP contribution < -0.4 is 9.64 Å². The van der Waals surface area contributed by atoms with Crippen LogP contribution in [0.25, 0.3) is 5.76 Å². The van der Waals surface area contributed by atoms with E-state index >= 15 is 0 Å². The van der Waals surface area contributed by atoms with Crippen molar-refractivity contribution in [2.75, 3.05) is 19.1 Å². The number of ketones is 1. The molecule has 2 aromatic carbocycles. The predicted molar refractivity (Wildman–Crippen MR) is 117 cm³/mol. The smallest absolute Gasteiger partial charge is 0.337 e. The number of carbonyl (C=O) groups is 3. The summed E-state index contributed by atoms with van der Waals surface area (Å²) in [5.74, 6) is -1.46. The number of methoxy groups -OCH3 is 2. The fourth-order valence-electron chi connectivity index (χ4n) is 3.67. The Labute approximate surface area is 188 Å². The largest absolute Gasteiger partial charge is 0.507 e. The first-order chi connectivity index (χ1) is 15.8. The van der Waals surface area contributed by atoms with Gasteiger partial charge in [0.05, 0.1) is 31.4 Å². The SMILES string of the molecule is COC(=O)c1ccc([C@H]2/C(=C(\O)c3ccc(OC)cc3)C(=O)C(=O)N2c2cc(C)on2)cc1. The molecule has 1 N–H and O–H groups in total. The minimum Gasteiger partial charge on any atom is -0.507 e. The van der Waals surface area contributed by atoms with E-state index in [-0.39, 0.29) is 17.2 Å². The van der Waals surface area contributed by atoms with E-state index in [1.54, 1.807) is 43.3 Å². The predicted octanol–water partition coefficient (Wildman–Crippen LogP) is 3.40. The monoisotopic (exact) mass is 448 g/mol. The van der Waals surface area contributed by atoms with Crippen LogP contribution in [0.4, 0.5) is 5.82 Å². The van der Waals surface area contributed by atoms with Gasteiger partial charge in [0.1, 0.15) is 17.3 Å². The van der Waals surface area contributed by atoms with E-state index in [1.165, 1.54) is 37.3 Å². The van der Waals surface area contributed by atoms with Crippen LogP contribution in [0.2, 0.25) is 0 Å². The second kappa shape index (κ2) is 8.62. The van der Waals surface area contributed by atoms with Gasteiger partial charge in [0.15, 0.2) is 5.82 Å². The number of ether oxygens (including phenoxy) is 2. The number of carbonyl (C=O) groups excluding carboxylic acids is 3. The van der Waals surface area contributed by atoms with Gasteiger partial charge in [-0.25, -0.2) is 4.79 Å². The number of hydrogen-bond donors (Lipinski definition) is 1. The maximum Gasteiger partial charge on any atom is 0.337 e. The van der Waals surface area contributed by atoms with Crippen molar-refractivity contribution < 1.29 is 33.5 Å². The minimum atomic E-state index is -0.997. The highest BCUT2D eigenvalue weighted by molar-refractivity contribution is 6.51. The van der Waals surface area contributed by atoms with Gasteiger partial charge < -0.3 is 19.1 Å². The first-order valence-corrected chi connectivity index (χ1v) is 9.92. The maximum absolute atomic E-state index is 13.1. The second-order valence-corrected chi connectivity index (χ2v) is 7.31. The van der Waals surface area contributed by atoms with Crippen LogP contribution in [-0.4, -0.2) is 42.1 Å². The average Bonchev–Trinajstić information content (AvgIpc) is 3.38. The van der Waals surface area contributed by atoms with Crippen LogP contribution in [0.5, 0.6) is 5.75 Å². The number of nitrogens with zero attached hydrogens (tertiary/aromatic N) is 2. The van der Waals surface area contributed by atoms with E-state index in [0.29, 0.717) is 28.2 Å². The zero-order valence-electron chi connectivity index (χ0n) is 18.1. The number of aryl methyl sites for hydroxylation is 1. The van der Waals surface area contributed by atoms with Crippen molar-refractivity contribution in [2.24, 2.45) is 0 Å². The van der Waals surface area contributed by atoms with Crippen molar-refractivity contribution in [3.63, 3.8) is 0 Å². The van der Waals surface area contributed by atoms with E-state index < -0.39 is 23.7 Å². The van der Waals surface area contributed by atoms with Crippen LogP contribution >= 0.6 is 0 Å². The van der Waals surface area contributed by atoms with Crippen LogP contribution in [0.3, 0.4) is 0 Å². The summed E-state index contributed by atoms with van der Waals surface area (Å²) in [6.45, 7) is 1.66. The molecule has 0 radical (unpaired) electrons. The number of aliphatic hydroxyl groups excluding tert-OH is 1. The van der Waals surface area contributed by atoms with Crippen LogP contribution in [0.15, 0.2) is 64.7 Å². The number of Topliss-reactive ketones (excluding diaryl/α,β-unsaturated/α-hetero) is 1. The number of hydrogen-bond acceptors (Lipinski definition) is 8. The molecule has 9 heteroatoms. The third kappa shape index (κ3) is 3.84. The number of benzene rings is 2. The molecule has 168 valence electrons. The molecular formula is C24H20N2O7. The van der Waals surface area contributed by atoms with Gasteiger partial charge >= 0.3 is 11.9 Å². The molecule has 2 heterocycles. The fraction of sp³-hybridized carbons (Fsp3) is 0.167. The van der Waals surface area contributed by atoms with Crippen molar-refractivity contribution in [3.8, 4) is 5.75 Å². The Hall–Kier alpha value is -4.40. The lowest BCUT2D eigenvalue weighted by Gasteiger charge is -2.23. The van der Waals surface area contributed by atoms with Crippen molar-refractivity contribution in [3.05, 3.63) is 82.6 Å². The molecule has 0 unspecified atom stereocenters. The third-order valence-electron chi connectivity index (χ3n) is 5.32. The Morgan fingerprint density at radius 1 is 1.03 bits per heavy atom. The Bertz CT molecular complexity index is 1260. The zero-order valence-corrected chi connectivity index (χ0v) is 18.1. The minimum absolute atomic E-state index is 0.114. The summed E-state index contributed by atoms with van der Waals surface area (Å²) in [7, 11) is 2.78. The zero-order chi connectivity index (χ0) is 23.7. The molecule has 0 bridgehead atoms. The van der Waals surface area contributed by atoms with Crippen LogP contribution in [0, 0.1) is 6.92 Å². The highest BCUT2D eigenvalue weighted by Gasteiger charge is 2.48. The molecule has 1 aliphatic rings. The molecule has 0 saturated carbocycles. The van der Waals surface area contributed by atoms with Gasteiger partial charge in [-0.2, -0.15) is 0 Å². The van der Waals surface area contributed by atoms with Crippen molar-refractivity contribution in [1.29, 1.82) is 0 Å². The summed E-state index contributed by atoms with van der Waals surface area (Å²) in [6, 6.07) is 13.2. The van der Waals surface area contributed by atoms with E-state index in [2.05, 4.69) is 5.16 Å². The number of aromatic nitrogens is 1. The summed E-state index contributed by atoms with van der Waals surface area (Å²) in [5, 5.41) is 15.0. The van der Waals surface area contributed by atoms with Gasteiger partial charge in [-0.1, -0.05) is 17.3 Å². The Balaban J connectivity index is 1.88. The highest BCUT2D eigenvalue weighted by Crippen LogP contribution is 2.42. The van der Waals surface area contributed by atoms with E-state index in [4.69, 9.17) is 14.0 Å². The van der Waals surface area contributed by atoms with Gasteiger partial charge in [-0.3, -0.25) is 14.5 Å². The Morgan fingerprint density at radius 2 is 1.67 bits per heavy atom. The molecule has 1 atom stereocenters. The number of rotatable bonds is 5. The number of aliphatic hydroxyl groups is 1. The summed E-state index contributed by atoms with van der Waals surface area (Å²) < 4.78 is 15.0. The molecule has 1 aromatic heterocycles. The lowest BCUT2D eigenvalue weighted by molar-refractivity contribution is -0.132. The molecule has 3 aromatic rings. The normalized spacial score (nSPS) is 17.3. The molecular weight excluding hydrogens is 428 g/mol. The molecule has 1 aliphatic heterocycles.